The van der Waals surface area contributed by atoms with Crippen molar-refractivity contribution < 1.29 is 0 Å². The third kappa shape index (κ3) is 2.14. The molecular weight excluding hydrogens is 220 g/mol. The summed E-state index contributed by atoms with van der Waals surface area (Å²) in [5.41, 5.74) is 4.88. The lowest BCUT2D eigenvalue weighted by Crippen LogP contribution is -2.11. The van der Waals surface area contributed by atoms with Crippen LogP contribution in [-0.4, -0.2) is 12.3 Å². The van der Waals surface area contributed by atoms with Crippen molar-refractivity contribution in [3.05, 3.63) is 65.7 Å². The number of rotatable bonds is 2. The van der Waals surface area contributed by atoms with Crippen LogP contribution in [0.3, 0.4) is 0 Å². The predicted molar refractivity (Wildman–Crippen MR) is 76.1 cm³/mol. The van der Waals surface area contributed by atoms with Gasteiger partial charge in [-0.2, -0.15) is 5.10 Å². The van der Waals surface area contributed by atoms with Crippen LogP contribution in [0.5, 0.6) is 0 Å². The van der Waals surface area contributed by atoms with Crippen molar-refractivity contribution in [2.45, 2.75) is 13.3 Å². The second-order valence-electron chi connectivity index (χ2n) is 4.62. The number of aryl methyl sites for hydroxylation is 1. The van der Waals surface area contributed by atoms with Crippen LogP contribution in [0.2, 0.25) is 0 Å². The van der Waals surface area contributed by atoms with Crippen LogP contribution in [0, 0.1) is 6.92 Å². The zero-order chi connectivity index (χ0) is 12.4. The van der Waals surface area contributed by atoms with Crippen molar-refractivity contribution in [3.8, 4) is 0 Å². The van der Waals surface area contributed by atoms with Crippen LogP contribution in [0.4, 0.5) is 5.69 Å². The Morgan fingerprint density at radius 3 is 2.61 bits per heavy atom. The van der Waals surface area contributed by atoms with Crippen LogP contribution >= 0.6 is 0 Å². The first-order valence-electron chi connectivity index (χ1n) is 6.30. The van der Waals surface area contributed by atoms with E-state index in [0.717, 1.165) is 13.0 Å². The molecule has 0 aromatic heterocycles. The number of anilines is 1. The van der Waals surface area contributed by atoms with Crippen LogP contribution in [0.25, 0.3) is 0 Å². The molecule has 3 rings (SSSR count). The Morgan fingerprint density at radius 1 is 1.00 bits per heavy atom. The molecule has 2 heteroatoms. The van der Waals surface area contributed by atoms with Gasteiger partial charge >= 0.3 is 0 Å². The zero-order valence-corrected chi connectivity index (χ0v) is 10.5. The van der Waals surface area contributed by atoms with Crippen molar-refractivity contribution in [3.63, 3.8) is 0 Å². The zero-order valence-electron chi connectivity index (χ0n) is 10.5. The summed E-state index contributed by atoms with van der Waals surface area (Å²) in [5.74, 6) is 0. The summed E-state index contributed by atoms with van der Waals surface area (Å²) < 4.78 is 0. The van der Waals surface area contributed by atoms with Gasteiger partial charge in [0.2, 0.25) is 0 Å². The number of nitrogens with zero attached hydrogens (tertiary/aromatic N) is 2. The first-order valence-corrected chi connectivity index (χ1v) is 6.30. The van der Waals surface area contributed by atoms with Gasteiger partial charge < -0.3 is 0 Å². The van der Waals surface area contributed by atoms with Gasteiger partial charge in [0, 0.05) is 13.0 Å². The molecule has 0 unspecified atom stereocenters. The highest BCUT2D eigenvalue weighted by atomic mass is 15.5. The van der Waals surface area contributed by atoms with Crippen LogP contribution < -0.4 is 5.01 Å². The second-order valence-corrected chi connectivity index (χ2v) is 4.62. The predicted octanol–water partition coefficient (Wildman–Crippen LogP) is 3.61. The van der Waals surface area contributed by atoms with Gasteiger partial charge in [-0.3, -0.25) is 5.01 Å². The van der Waals surface area contributed by atoms with E-state index in [2.05, 4.69) is 60.5 Å². The lowest BCUT2D eigenvalue weighted by molar-refractivity contribution is 0.922. The Hall–Kier alpha value is -2.09. The summed E-state index contributed by atoms with van der Waals surface area (Å²) in [4.78, 5) is 0. The fraction of sp³-hybridized carbons (Fsp3) is 0.188. The van der Waals surface area contributed by atoms with Crippen molar-refractivity contribution in [1.29, 1.82) is 0 Å². The van der Waals surface area contributed by atoms with E-state index in [0.29, 0.717) is 0 Å². The summed E-state index contributed by atoms with van der Waals surface area (Å²) in [6.45, 7) is 3.08. The molecule has 1 aliphatic heterocycles. The number of hydrogen-bond donors (Lipinski definition) is 0. The van der Waals surface area contributed by atoms with Gasteiger partial charge in [-0.1, -0.05) is 48.0 Å². The summed E-state index contributed by atoms with van der Waals surface area (Å²) in [6, 6.07) is 18.9. The molecule has 0 radical (unpaired) electrons. The molecule has 0 atom stereocenters. The SMILES string of the molecule is Cc1cccc(C2=NN(c3ccccc3)CC2)c1. The molecule has 90 valence electrons. The van der Waals surface area contributed by atoms with Crippen molar-refractivity contribution in [1.82, 2.24) is 0 Å². The Kier molecular flexibility index (Phi) is 2.85. The summed E-state index contributed by atoms with van der Waals surface area (Å²) in [6.07, 6.45) is 1.01. The molecule has 18 heavy (non-hydrogen) atoms. The quantitative estimate of drug-likeness (QED) is 0.777. The Labute approximate surface area is 108 Å². The summed E-state index contributed by atoms with van der Waals surface area (Å²) >= 11 is 0. The largest absolute Gasteiger partial charge is 0.265 e. The maximum absolute atomic E-state index is 4.72. The van der Waals surface area contributed by atoms with Gasteiger partial charge in [0.25, 0.3) is 0 Å². The lowest BCUT2D eigenvalue weighted by atomic mass is 10.1. The molecule has 0 saturated heterocycles. The third-order valence-electron chi connectivity index (χ3n) is 3.21. The molecule has 2 aromatic carbocycles. The smallest absolute Gasteiger partial charge is 0.0700 e. The van der Waals surface area contributed by atoms with E-state index < -0.39 is 0 Å². The number of hydrogen-bond acceptors (Lipinski definition) is 2. The molecule has 0 saturated carbocycles. The average molecular weight is 236 g/mol. The standard InChI is InChI=1S/C16H16N2/c1-13-6-5-7-14(12-13)16-10-11-18(17-16)15-8-3-2-4-9-15/h2-9,12H,10-11H2,1H3. The molecule has 0 bridgehead atoms. The number of benzene rings is 2. The van der Waals surface area contributed by atoms with Gasteiger partial charge in [0.1, 0.15) is 0 Å². The van der Waals surface area contributed by atoms with Gasteiger partial charge in [-0.15, -0.1) is 0 Å². The molecule has 0 fully saturated rings. The minimum Gasteiger partial charge on any atom is -0.265 e. The van der Waals surface area contributed by atoms with E-state index in [4.69, 9.17) is 5.10 Å². The number of hydrazone groups is 1. The van der Waals surface area contributed by atoms with Crippen molar-refractivity contribution in [2.24, 2.45) is 5.10 Å². The highest BCUT2D eigenvalue weighted by Gasteiger charge is 2.16. The van der Waals surface area contributed by atoms with Crippen LogP contribution in [0.1, 0.15) is 17.5 Å². The maximum atomic E-state index is 4.72. The molecule has 1 heterocycles. The molecule has 1 aliphatic rings. The van der Waals surface area contributed by atoms with E-state index in [1.807, 2.05) is 6.07 Å². The fourth-order valence-electron chi connectivity index (χ4n) is 2.27. The van der Waals surface area contributed by atoms with E-state index in [1.165, 1.54) is 22.5 Å². The minimum atomic E-state index is 0.966. The first-order chi connectivity index (χ1) is 8.83. The molecule has 0 aliphatic carbocycles. The second kappa shape index (κ2) is 4.65. The van der Waals surface area contributed by atoms with Gasteiger partial charge in [-0.25, -0.2) is 0 Å². The molecule has 2 nitrogen and oxygen atoms in total. The summed E-state index contributed by atoms with van der Waals surface area (Å²) in [5, 5.41) is 6.80. The van der Waals surface area contributed by atoms with Crippen LogP contribution in [-0.2, 0) is 0 Å². The van der Waals surface area contributed by atoms with Gasteiger partial charge in [-0.05, 0) is 24.6 Å². The lowest BCUT2D eigenvalue weighted by Gasteiger charge is -2.12. The van der Waals surface area contributed by atoms with E-state index >= 15 is 0 Å². The Morgan fingerprint density at radius 2 is 1.83 bits per heavy atom. The average Bonchev–Trinajstić information content (AvgIpc) is 2.89. The molecule has 0 spiro atoms. The highest BCUT2D eigenvalue weighted by molar-refractivity contribution is 6.02. The topological polar surface area (TPSA) is 15.6 Å². The normalized spacial score (nSPS) is 14.7. The Bertz CT molecular complexity index is 573. The van der Waals surface area contributed by atoms with Crippen molar-refractivity contribution in [2.75, 3.05) is 11.6 Å². The fourth-order valence-corrected chi connectivity index (χ4v) is 2.27. The molecule has 0 amide bonds. The molecular formula is C16H16N2. The highest BCUT2D eigenvalue weighted by Crippen LogP contribution is 2.21. The van der Waals surface area contributed by atoms with Crippen molar-refractivity contribution >= 4 is 11.4 Å². The van der Waals surface area contributed by atoms with Gasteiger partial charge in [0.15, 0.2) is 0 Å². The number of para-hydroxylation sites is 1. The Balaban J connectivity index is 1.88. The van der Waals surface area contributed by atoms with Gasteiger partial charge in [0.05, 0.1) is 11.4 Å². The van der Waals surface area contributed by atoms with E-state index in [-0.39, 0.29) is 0 Å². The monoisotopic (exact) mass is 236 g/mol. The van der Waals surface area contributed by atoms with E-state index in [9.17, 15) is 0 Å². The minimum absolute atomic E-state index is 0.966. The van der Waals surface area contributed by atoms with Crippen LogP contribution in [0.15, 0.2) is 59.7 Å². The van der Waals surface area contributed by atoms with E-state index in [1.54, 1.807) is 0 Å². The molecule has 2 aromatic rings. The first kappa shape index (κ1) is 11.0. The third-order valence-corrected chi connectivity index (χ3v) is 3.21. The maximum Gasteiger partial charge on any atom is 0.0700 e. The summed E-state index contributed by atoms with van der Waals surface area (Å²) in [7, 11) is 0. The molecule has 0 N–H and O–H groups in total.